The van der Waals surface area contributed by atoms with E-state index in [0.29, 0.717) is 5.92 Å². The standard InChI is InChI=1S/C28H44O2/c1-8-24(9-2)20-23(4)22(3)14-10-11-19-28(5,6)26-17-12-15-25(21-26)16-13-18-27(29)30-7/h12-13,15,17-18,20-22,24H,8-11,14,16,19H2,1-7H3/b18-13?,23-20-/t22-/m0/s1. The van der Waals surface area contributed by atoms with E-state index >= 15 is 0 Å². The van der Waals surface area contributed by atoms with Crippen LogP contribution < -0.4 is 0 Å². The second-order valence-electron chi connectivity index (χ2n) is 9.35. The van der Waals surface area contributed by atoms with E-state index in [1.165, 1.54) is 62.8 Å². The molecule has 2 heteroatoms. The quantitative estimate of drug-likeness (QED) is 0.143. The molecule has 0 radical (unpaired) electrons. The van der Waals surface area contributed by atoms with Crippen molar-refractivity contribution in [2.45, 2.75) is 91.9 Å². The fraction of sp³-hybridized carbons (Fsp3) is 0.607. The Balaban J connectivity index is 2.56. The van der Waals surface area contributed by atoms with Gasteiger partial charge in [0, 0.05) is 6.08 Å². The largest absolute Gasteiger partial charge is 0.466 e. The van der Waals surface area contributed by atoms with Crippen molar-refractivity contribution in [1.29, 1.82) is 0 Å². The van der Waals surface area contributed by atoms with E-state index < -0.39 is 0 Å². The fourth-order valence-corrected chi connectivity index (χ4v) is 3.93. The van der Waals surface area contributed by atoms with Crippen LogP contribution in [0.15, 0.2) is 48.1 Å². The highest BCUT2D eigenvalue weighted by Crippen LogP contribution is 2.31. The molecule has 0 aliphatic carbocycles. The van der Waals surface area contributed by atoms with Gasteiger partial charge >= 0.3 is 5.97 Å². The number of benzene rings is 1. The lowest BCUT2D eigenvalue weighted by atomic mass is 9.79. The van der Waals surface area contributed by atoms with Gasteiger partial charge in [0.25, 0.3) is 0 Å². The summed E-state index contributed by atoms with van der Waals surface area (Å²) in [6.45, 7) is 14.0. The fourth-order valence-electron chi connectivity index (χ4n) is 3.93. The average Bonchev–Trinajstić information content (AvgIpc) is 2.74. The van der Waals surface area contributed by atoms with Gasteiger partial charge in [0.15, 0.2) is 0 Å². The zero-order valence-corrected chi connectivity index (χ0v) is 20.5. The molecule has 0 fully saturated rings. The molecular weight excluding hydrogens is 368 g/mol. The van der Waals surface area contributed by atoms with Crippen LogP contribution in [0.2, 0.25) is 0 Å². The molecule has 1 rings (SSSR count). The maximum atomic E-state index is 11.2. The summed E-state index contributed by atoms with van der Waals surface area (Å²) in [5.74, 6) is 1.12. The van der Waals surface area contributed by atoms with E-state index in [0.717, 1.165) is 12.3 Å². The number of esters is 1. The summed E-state index contributed by atoms with van der Waals surface area (Å²) in [7, 11) is 1.40. The predicted molar refractivity (Wildman–Crippen MR) is 130 cm³/mol. The van der Waals surface area contributed by atoms with E-state index in [4.69, 9.17) is 0 Å². The number of carbonyl (C=O) groups excluding carboxylic acids is 1. The Morgan fingerprint density at radius 1 is 1.17 bits per heavy atom. The molecule has 0 spiro atoms. The molecule has 1 aromatic rings. The van der Waals surface area contributed by atoms with E-state index in [2.05, 4.69) is 76.6 Å². The molecule has 30 heavy (non-hydrogen) atoms. The molecule has 0 heterocycles. The van der Waals surface area contributed by atoms with Crippen LogP contribution in [-0.2, 0) is 21.4 Å². The molecule has 0 N–H and O–H groups in total. The molecule has 0 aromatic heterocycles. The molecule has 2 nitrogen and oxygen atoms in total. The van der Waals surface area contributed by atoms with Gasteiger partial charge in [-0.2, -0.15) is 0 Å². The topological polar surface area (TPSA) is 26.3 Å². The highest BCUT2D eigenvalue weighted by Gasteiger charge is 2.20. The van der Waals surface area contributed by atoms with Crippen LogP contribution >= 0.6 is 0 Å². The van der Waals surface area contributed by atoms with Crippen molar-refractivity contribution < 1.29 is 9.53 Å². The Hall–Kier alpha value is -1.83. The van der Waals surface area contributed by atoms with Crippen molar-refractivity contribution in [3.63, 3.8) is 0 Å². The Kier molecular flexibility index (Phi) is 11.8. The van der Waals surface area contributed by atoms with E-state index in [-0.39, 0.29) is 11.4 Å². The van der Waals surface area contributed by atoms with Crippen LogP contribution in [-0.4, -0.2) is 13.1 Å². The number of ether oxygens (including phenoxy) is 1. The molecule has 0 unspecified atom stereocenters. The second kappa shape index (κ2) is 13.5. The normalized spacial score (nSPS) is 13.8. The molecular formula is C28H44O2. The lowest BCUT2D eigenvalue weighted by molar-refractivity contribution is -0.134. The summed E-state index contributed by atoms with van der Waals surface area (Å²) < 4.78 is 4.65. The first kappa shape index (κ1) is 26.2. The van der Waals surface area contributed by atoms with Gasteiger partial charge in [-0.1, -0.05) is 89.5 Å². The third-order valence-corrected chi connectivity index (χ3v) is 6.53. The summed E-state index contributed by atoms with van der Waals surface area (Å²) in [6, 6.07) is 8.77. The average molecular weight is 413 g/mol. The van der Waals surface area contributed by atoms with Gasteiger partial charge in [0.05, 0.1) is 7.11 Å². The van der Waals surface area contributed by atoms with Crippen molar-refractivity contribution >= 4 is 5.97 Å². The Morgan fingerprint density at radius 3 is 2.50 bits per heavy atom. The van der Waals surface area contributed by atoms with Crippen LogP contribution in [0.5, 0.6) is 0 Å². The van der Waals surface area contributed by atoms with Gasteiger partial charge in [0.2, 0.25) is 0 Å². The zero-order valence-electron chi connectivity index (χ0n) is 20.5. The smallest absolute Gasteiger partial charge is 0.330 e. The monoisotopic (exact) mass is 412 g/mol. The number of hydrogen-bond acceptors (Lipinski definition) is 2. The van der Waals surface area contributed by atoms with Crippen molar-refractivity contribution in [3.8, 4) is 0 Å². The van der Waals surface area contributed by atoms with Crippen LogP contribution in [0.25, 0.3) is 0 Å². The third kappa shape index (κ3) is 9.32. The number of allylic oxidation sites excluding steroid dienone is 3. The summed E-state index contributed by atoms with van der Waals surface area (Å²) in [5, 5.41) is 0. The minimum absolute atomic E-state index is 0.158. The van der Waals surface area contributed by atoms with Gasteiger partial charge in [0.1, 0.15) is 0 Å². The van der Waals surface area contributed by atoms with Crippen molar-refractivity contribution in [2.24, 2.45) is 11.8 Å². The van der Waals surface area contributed by atoms with E-state index in [1.807, 2.05) is 6.08 Å². The van der Waals surface area contributed by atoms with Gasteiger partial charge < -0.3 is 4.74 Å². The molecule has 0 aliphatic heterocycles. The number of carbonyl (C=O) groups is 1. The van der Waals surface area contributed by atoms with Crippen LogP contribution in [0.1, 0.15) is 91.2 Å². The summed E-state index contributed by atoms with van der Waals surface area (Å²) in [5.41, 5.74) is 4.34. The molecule has 0 aliphatic rings. The Morgan fingerprint density at radius 2 is 1.87 bits per heavy atom. The van der Waals surface area contributed by atoms with Gasteiger partial charge in [-0.25, -0.2) is 4.79 Å². The highest BCUT2D eigenvalue weighted by molar-refractivity contribution is 5.81. The number of hydrogen-bond donors (Lipinski definition) is 0. The number of rotatable bonds is 13. The first-order valence-electron chi connectivity index (χ1n) is 11.8. The van der Waals surface area contributed by atoms with Gasteiger partial charge in [-0.15, -0.1) is 0 Å². The summed E-state index contributed by atoms with van der Waals surface area (Å²) >= 11 is 0. The first-order chi connectivity index (χ1) is 14.2. The maximum Gasteiger partial charge on any atom is 0.330 e. The van der Waals surface area contributed by atoms with E-state index in [9.17, 15) is 4.79 Å². The molecule has 1 atom stereocenters. The Bertz CT molecular complexity index is 692. The molecule has 0 amide bonds. The third-order valence-electron chi connectivity index (χ3n) is 6.53. The SMILES string of the molecule is CCC(/C=C(/C)[C@@H](C)CCCCC(C)(C)c1cccc(CC=CC(=O)OC)c1)CC. The Labute approximate surface area is 185 Å². The second-order valence-corrected chi connectivity index (χ2v) is 9.35. The molecule has 0 bridgehead atoms. The van der Waals surface area contributed by atoms with Crippen LogP contribution in [0.4, 0.5) is 0 Å². The summed E-state index contributed by atoms with van der Waals surface area (Å²) in [6.07, 6.45) is 14.1. The first-order valence-corrected chi connectivity index (χ1v) is 11.8. The van der Waals surface area contributed by atoms with Crippen LogP contribution in [0, 0.1) is 11.8 Å². The molecule has 0 saturated heterocycles. The minimum Gasteiger partial charge on any atom is -0.466 e. The lowest BCUT2D eigenvalue weighted by Crippen LogP contribution is -2.17. The molecule has 1 aromatic carbocycles. The number of methoxy groups -OCH3 is 1. The lowest BCUT2D eigenvalue weighted by Gasteiger charge is -2.26. The van der Waals surface area contributed by atoms with Gasteiger partial charge in [-0.3, -0.25) is 0 Å². The predicted octanol–water partition coefficient (Wildman–Crippen LogP) is 7.81. The van der Waals surface area contributed by atoms with Crippen molar-refractivity contribution in [1.82, 2.24) is 0 Å². The zero-order chi connectivity index (χ0) is 22.6. The van der Waals surface area contributed by atoms with Crippen molar-refractivity contribution in [2.75, 3.05) is 7.11 Å². The minimum atomic E-state index is -0.300. The number of unbranched alkanes of at least 4 members (excludes halogenated alkanes) is 1. The van der Waals surface area contributed by atoms with Crippen molar-refractivity contribution in [3.05, 3.63) is 59.2 Å². The molecule has 168 valence electrons. The maximum absolute atomic E-state index is 11.2. The van der Waals surface area contributed by atoms with E-state index in [1.54, 1.807) is 5.57 Å². The highest BCUT2D eigenvalue weighted by atomic mass is 16.5. The van der Waals surface area contributed by atoms with Crippen LogP contribution in [0.3, 0.4) is 0 Å². The summed E-state index contributed by atoms with van der Waals surface area (Å²) in [4.78, 5) is 11.2. The molecule has 0 saturated carbocycles. The van der Waals surface area contributed by atoms with Gasteiger partial charge in [-0.05, 0) is 67.4 Å².